The van der Waals surface area contributed by atoms with Gasteiger partial charge in [0.15, 0.2) is 0 Å². The Hall–Kier alpha value is -1.94. The van der Waals surface area contributed by atoms with Crippen molar-refractivity contribution < 1.29 is 13.5 Å². The first kappa shape index (κ1) is 15.4. The van der Waals surface area contributed by atoms with Crippen LogP contribution in [0.15, 0.2) is 42.5 Å². The highest BCUT2D eigenvalue weighted by molar-refractivity contribution is 5.42. The predicted molar refractivity (Wildman–Crippen MR) is 79.5 cm³/mol. The van der Waals surface area contributed by atoms with E-state index in [2.05, 4.69) is 12.2 Å². The zero-order valence-electron chi connectivity index (χ0n) is 12.2. The number of methoxy groups -OCH3 is 1. The van der Waals surface area contributed by atoms with Crippen LogP contribution in [0, 0.1) is 11.6 Å². The van der Waals surface area contributed by atoms with E-state index in [1.807, 2.05) is 0 Å². The third-order valence-corrected chi connectivity index (χ3v) is 3.30. The van der Waals surface area contributed by atoms with Crippen LogP contribution in [0.2, 0.25) is 0 Å². The number of hydrogen-bond donors (Lipinski definition) is 1. The Morgan fingerprint density at radius 3 is 2.33 bits per heavy atom. The summed E-state index contributed by atoms with van der Waals surface area (Å²) in [6.45, 7) is 2.82. The minimum atomic E-state index is -0.323. The van der Waals surface area contributed by atoms with E-state index in [4.69, 9.17) is 4.74 Å². The molecule has 0 spiro atoms. The van der Waals surface area contributed by atoms with Crippen LogP contribution in [-0.4, -0.2) is 13.7 Å². The first-order chi connectivity index (χ1) is 10.2. The number of halogens is 2. The molecule has 0 aliphatic heterocycles. The number of nitrogens with one attached hydrogen (secondary N) is 1. The van der Waals surface area contributed by atoms with Gasteiger partial charge in [0.1, 0.15) is 17.4 Å². The number of benzene rings is 2. The lowest BCUT2D eigenvalue weighted by Gasteiger charge is -2.22. The maximum Gasteiger partial charge on any atom is 0.124 e. The molecule has 0 saturated carbocycles. The Balaban J connectivity index is 2.44. The van der Waals surface area contributed by atoms with Crippen molar-refractivity contribution in [3.8, 4) is 5.75 Å². The molecule has 2 rings (SSSR count). The molecule has 0 bridgehead atoms. The van der Waals surface area contributed by atoms with Gasteiger partial charge in [-0.3, -0.25) is 0 Å². The van der Waals surface area contributed by atoms with Gasteiger partial charge in [0.05, 0.1) is 13.2 Å². The van der Waals surface area contributed by atoms with Crippen LogP contribution < -0.4 is 10.1 Å². The van der Waals surface area contributed by atoms with Crippen molar-refractivity contribution in [1.82, 2.24) is 5.32 Å². The highest BCUT2D eigenvalue weighted by Gasteiger charge is 2.18. The van der Waals surface area contributed by atoms with Gasteiger partial charge in [-0.1, -0.05) is 19.1 Å². The van der Waals surface area contributed by atoms with Crippen molar-refractivity contribution in [1.29, 1.82) is 0 Å². The van der Waals surface area contributed by atoms with Gasteiger partial charge in [-0.25, -0.2) is 8.78 Å². The zero-order chi connectivity index (χ0) is 15.2. The van der Waals surface area contributed by atoms with Gasteiger partial charge >= 0.3 is 0 Å². The van der Waals surface area contributed by atoms with Gasteiger partial charge in [0, 0.05) is 5.56 Å². The molecule has 112 valence electrons. The van der Waals surface area contributed by atoms with Gasteiger partial charge in [-0.2, -0.15) is 0 Å². The highest BCUT2D eigenvalue weighted by atomic mass is 19.1. The average molecular weight is 291 g/mol. The molecule has 0 aromatic heterocycles. The summed E-state index contributed by atoms with van der Waals surface area (Å²) in [7, 11) is 1.55. The summed E-state index contributed by atoms with van der Waals surface area (Å²) in [5.41, 5.74) is 1.58. The van der Waals surface area contributed by atoms with Crippen molar-refractivity contribution >= 4 is 0 Å². The maximum absolute atomic E-state index is 13.6. The van der Waals surface area contributed by atoms with E-state index >= 15 is 0 Å². The van der Waals surface area contributed by atoms with E-state index in [0.717, 1.165) is 18.5 Å². The van der Waals surface area contributed by atoms with Crippen LogP contribution in [0.25, 0.3) is 0 Å². The molecule has 0 fully saturated rings. The number of hydrogen-bond acceptors (Lipinski definition) is 2. The fourth-order valence-electron chi connectivity index (χ4n) is 2.28. The van der Waals surface area contributed by atoms with Gasteiger partial charge in [-0.05, 0) is 48.9 Å². The van der Waals surface area contributed by atoms with E-state index in [0.29, 0.717) is 11.3 Å². The summed E-state index contributed by atoms with van der Waals surface area (Å²) in [5.74, 6) is -0.00950. The molecule has 1 atom stereocenters. The minimum absolute atomic E-state index is 0.240. The molecular weight excluding hydrogens is 272 g/mol. The Morgan fingerprint density at radius 1 is 1.05 bits per heavy atom. The van der Waals surface area contributed by atoms with Crippen molar-refractivity contribution in [2.75, 3.05) is 13.7 Å². The Bertz CT molecular complexity index is 584. The molecule has 0 amide bonds. The van der Waals surface area contributed by atoms with Crippen molar-refractivity contribution in [2.24, 2.45) is 0 Å². The summed E-state index contributed by atoms with van der Waals surface area (Å²) in [4.78, 5) is 0. The molecule has 2 nitrogen and oxygen atoms in total. The van der Waals surface area contributed by atoms with Crippen LogP contribution in [0.4, 0.5) is 8.78 Å². The summed E-state index contributed by atoms with van der Waals surface area (Å²) < 4.78 is 32.0. The molecule has 0 radical (unpaired) electrons. The fourth-order valence-corrected chi connectivity index (χ4v) is 2.28. The summed E-state index contributed by atoms with van der Waals surface area (Å²) >= 11 is 0. The van der Waals surface area contributed by atoms with Crippen molar-refractivity contribution in [3.05, 3.63) is 65.2 Å². The average Bonchev–Trinajstić information content (AvgIpc) is 2.49. The summed E-state index contributed by atoms with van der Waals surface area (Å²) in [6.07, 6.45) is 0.940. The lowest BCUT2D eigenvalue weighted by molar-refractivity contribution is 0.402. The second kappa shape index (κ2) is 7.18. The second-order valence-electron chi connectivity index (χ2n) is 4.82. The molecule has 2 aromatic rings. The number of ether oxygens (including phenoxy) is 1. The lowest BCUT2D eigenvalue weighted by Crippen LogP contribution is -2.23. The molecule has 0 saturated heterocycles. The van der Waals surface area contributed by atoms with Crippen LogP contribution in [0.5, 0.6) is 5.75 Å². The van der Waals surface area contributed by atoms with E-state index in [9.17, 15) is 8.78 Å². The molecule has 21 heavy (non-hydrogen) atoms. The normalized spacial score (nSPS) is 12.2. The molecular formula is C17H19F2NO. The third-order valence-electron chi connectivity index (χ3n) is 3.30. The van der Waals surface area contributed by atoms with Crippen LogP contribution in [0.3, 0.4) is 0 Å². The first-order valence-corrected chi connectivity index (χ1v) is 6.98. The Labute approximate surface area is 123 Å². The van der Waals surface area contributed by atoms with E-state index in [-0.39, 0.29) is 17.7 Å². The van der Waals surface area contributed by atoms with E-state index in [1.165, 1.54) is 24.3 Å². The second-order valence-corrected chi connectivity index (χ2v) is 4.82. The van der Waals surface area contributed by atoms with Gasteiger partial charge in [0.2, 0.25) is 0 Å². The SMILES string of the molecule is CCCNC(c1ccc(F)cc1)c1cc(F)ccc1OC. The van der Waals surface area contributed by atoms with Crippen molar-refractivity contribution in [2.45, 2.75) is 19.4 Å². The summed E-state index contributed by atoms with van der Waals surface area (Å²) in [5, 5.41) is 3.35. The highest BCUT2D eigenvalue weighted by Crippen LogP contribution is 2.30. The smallest absolute Gasteiger partial charge is 0.124 e. The molecule has 0 aliphatic rings. The Kier molecular flexibility index (Phi) is 5.28. The fraction of sp³-hybridized carbons (Fsp3) is 0.294. The van der Waals surface area contributed by atoms with Gasteiger partial charge in [0.25, 0.3) is 0 Å². The molecule has 1 N–H and O–H groups in total. The molecule has 0 heterocycles. The lowest BCUT2D eigenvalue weighted by atomic mass is 9.97. The standard InChI is InChI=1S/C17H19F2NO/c1-3-10-20-17(12-4-6-13(18)7-5-12)15-11-14(19)8-9-16(15)21-2/h4-9,11,17,20H,3,10H2,1-2H3. The third kappa shape index (κ3) is 3.79. The topological polar surface area (TPSA) is 21.3 Å². The predicted octanol–water partition coefficient (Wildman–Crippen LogP) is 4.06. The molecule has 1 unspecified atom stereocenters. The van der Waals surface area contributed by atoms with Crippen molar-refractivity contribution in [3.63, 3.8) is 0 Å². The van der Waals surface area contributed by atoms with Crippen LogP contribution in [0.1, 0.15) is 30.5 Å². The molecule has 2 aromatic carbocycles. The molecule has 0 aliphatic carbocycles. The quantitative estimate of drug-likeness (QED) is 0.866. The minimum Gasteiger partial charge on any atom is -0.496 e. The van der Waals surface area contributed by atoms with Gasteiger partial charge in [-0.15, -0.1) is 0 Å². The Morgan fingerprint density at radius 2 is 1.71 bits per heavy atom. The summed E-state index contributed by atoms with van der Waals surface area (Å²) in [6, 6.07) is 10.4. The van der Waals surface area contributed by atoms with E-state index < -0.39 is 0 Å². The number of rotatable bonds is 6. The molecule has 4 heteroatoms. The first-order valence-electron chi connectivity index (χ1n) is 6.98. The van der Waals surface area contributed by atoms with Crippen LogP contribution >= 0.6 is 0 Å². The zero-order valence-corrected chi connectivity index (χ0v) is 12.2. The van der Waals surface area contributed by atoms with Gasteiger partial charge < -0.3 is 10.1 Å². The van der Waals surface area contributed by atoms with E-state index in [1.54, 1.807) is 25.3 Å². The maximum atomic E-state index is 13.6. The monoisotopic (exact) mass is 291 g/mol. The van der Waals surface area contributed by atoms with Crippen LogP contribution in [-0.2, 0) is 0 Å². The largest absolute Gasteiger partial charge is 0.496 e.